The molecule has 0 radical (unpaired) electrons. The molecule has 0 aliphatic heterocycles. The van der Waals surface area contributed by atoms with Gasteiger partial charge in [0.2, 0.25) is 0 Å². The molecule has 1 aromatic heterocycles. The first-order chi connectivity index (χ1) is 6.83. The summed E-state index contributed by atoms with van der Waals surface area (Å²) in [5.74, 6) is 0.805. The molecule has 5 nitrogen and oxygen atoms in total. The van der Waals surface area contributed by atoms with E-state index in [1.54, 1.807) is 26.2 Å². The lowest BCUT2D eigenvalue weighted by atomic mass is 10.2. The maximum Gasteiger partial charge on any atom is 0.153 e. The number of aromatic nitrogens is 2. The summed E-state index contributed by atoms with van der Waals surface area (Å²) in [6, 6.07) is 0. The van der Waals surface area contributed by atoms with E-state index in [1.165, 1.54) is 6.26 Å². The van der Waals surface area contributed by atoms with E-state index >= 15 is 0 Å². The Kier molecular flexibility index (Phi) is 3.51. The quantitative estimate of drug-likeness (QED) is 0.765. The van der Waals surface area contributed by atoms with Gasteiger partial charge in [-0.2, -0.15) is 0 Å². The molecule has 0 amide bonds. The highest BCUT2D eigenvalue weighted by Crippen LogP contribution is 2.13. The second-order valence-corrected chi connectivity index (χ2v) is 6.82. The van der Waals surface area contributed by atoms with Gasteiger partial charge in [0.05, 0.1) is 11.3 Å². The standard InChI is InChI=1S/C9H17N3O2S/c1-9(2,15(3,13)14)7-10-6-8-11-4-5-12-8/h4-5,10H,6-7H2,1-3H3,(H,11,12). The van der Waals surface area contributed by atoms with Crippen molar-refractivity contribution in [2.75, 3.05) is 12.8 Å². The Morgan fingerprint density at radius 1 is 1.53 bits per heavy atom. The largest absolute Gasteiger partial charge is 0.348 e. The predicted molar refractivity (Wildman–Crippen MR) is 59.2 cm³/mol. The van der Waals surface area contributed by atoms with Gasteiger partial charge in [-0.05, 0) is 13.8 Å². The highest BCUT2D eigenvalue weighted by molar-refractivity contribution is 7.92. The lowest BCUT2D eigenvalue weighted by Crippen LogP contribution is -2.41. The average molecular weight is 231 g/mol. The molecular weight excluding hydrogens is 214 g/mol. The number of H-pyrrole nitrogens is 1. The van der Waals surface area contributed by atoms with Crippen LogP contribution in [0.3, 0.4) is 0 Å². The molecule has 1 rings (SSSR count). The zero-order chi connectivity index (χ0) is 11.5. The number of nitrogens with one attached hydrogen (secondary N) is 2. The van der Waals surface area contributed by atoms with E-state index in [2.05, 4.69) is 15.3 Å². The third-order valence-electron chi connectivity index (χ3n) is 2.40. The van der Waals surface area contributed by atoms with Gasteiger partial charge < -0.3 is 10.3 Å². The molecular formula is C9H17N3O2S. The molecule has 1 heterocycles. The van der Waals surface area contributed by atoms with Crippen LogP contribution < -0.4 is 5.32 Å². The summed E-state index contributed by atoms with van der Waals surface area (Å²) in [6.45, 7) is 4.37. The molecule has 1 aromatic rings. The summed E-state index contributed by atoms with van der Waals surface area (Å²) in [4.78, 5) is 6.97. The number of hydrogen-bond donors (Lipinski definition) is 2. The van der Waals surface area contributed by atoms with Crippen LogP contribution in [0.2, 0.25) is 0 Å². The zero-order valence-corrected chi connectivity index (χ0v) is 10.1. The normalized spacial score (nSPS) is 13.0. The van der Waals surface area contributed by atoms with Crippen LogP contribution in [0.5, 0.6) is 0 Å². The van der Waals surface area contributed by atoms with Gasteiger partial charge in [-0.25, -0.2) is 13.4 Å². The maximum atomic E-state index is 11.4. The van der Waals surface area contributed by atoms with Crippen LogP contribution in [-0.4, -0.2) is 35.9 Å². The van der Waals surface area contributed by atoms with Gasteiger partial charge in [0.1, 0.15) is 5.82 Å². The van der Waals surface area contributed by atoms with Crippen molar-refractivity contribution in [3.8, 4) is 0 Å². The fourth-order valence-corrected chi connectivity index (χ4v) is 1.37. The first-order valence-electron chi connectivity index (χ1n) is 4.71. The van der Waals surface area contributed by atoms with E-state index in [1.807, 2.05) is 0 Å². The molecule has 0 atom stereocenters. The molecule has 0 aliphatic carbocycles. The lowest BCUT2D eigenvalue weighted by Gasteiger charge is -2.22. The van der Waals surface area contributed by atoms with Crippen molar-refractivity contribution in [2.24, 2.45) is 0 Å². The van der Waals surface area contributed by atoms with Crippen LogP contribution in [0.4, 0.5) is 0 Å². The molecule has 2 N–H and O–H groups in total. The third kappa shape index (κ3) is 3.32. The van der Waals surface area contributed by atoms with Crippen LogP contribution in [0.15, 0.2) is 12.4 Å². The molecule has 0 saturated heterocycles. The Morgan fingerprint density at radius 2 is 2.20 bits per heavy atom. The number of aromatic amines is 1. The molecule has 0 saturated carbocycles. The Hall–Kier alpha value is -0.880. The summed E-state index contributed by atoms with van der Waals surface area (Å²) in [5, 5.41) is 3.06. The Balaban J connectivity index is 2.44. The van der Waals surface area contributed by atoms with Crippen LogP contribution in [0.1, 0.15) is 19.7 Å². The molecule has 0 aliphatic rings. The number of hydrogen-bond acceptors (Lipinski definition) is 4. The number of imidazole rings is 1. The van der Waals surface area contributed by atoms with Crippen molar-refractivity contribution < 1.29 is 8.42 Å². The lowest BCUT2D eigenvalue weighted by molar-refractivity contribution is 0.518. The first kappa shape index (κ1) is 12.2. The maximum absolute atomic E-state index is 11.4. The number of nitrogens with zero attached hydrogens (tertiary/aromatic N) is 1. The molecule has 0 spiro atoms. The molecule has 15 heavy (non-hydrogen) atoms. The molecule has 0 fully saturated rings. The van der Waals surface area contributed by atoms with E-state index in [9.17, 15) is 8.42 Å². The van der Waals surface area contributed by atoms with E-state index in [4.69, 9.17) is 0 Å². The minimum atomic E-state index is -3.04. The van der Waals surface area contributed by atoms with Crippen LogP contribution >= 0.6 is 0 Å². The van der Waals surface area contributed by atoms with Crippen molar-refractivity contribution in [2.45, 2.75) is 25.1 Å². The average Bonchev–Trinajstić information content (AvgIpc) is 2.54. The summed E-state index contributed by atoms with van der Waals surface area (Å²) in [6.07, 6.45) is 4.65. The first-order valence-corrected chi connectivity index (χ1v) is 6.61. The summed E-state index contributed by atoms with van der Waals surface area (Å²) in [5.41, 5.74) is 0. The molecule has 86 valence electrons. The minimum Gasteiger partial charge on any atom is -0.348 e. The highest BCUT2D eigenvalue weighted by atomic mass is 32.2. The Labute approximate surface area is 90.2 Å². The fraction of sp³-hybridized carbons (Fsp3) is 0.667. The Morgan fingerprint density at radius 3 is 2.67 bits per heavy atom. The van der Waals surface area contributed by atoms with Crippen molar-refractivity contribution in [3.63, 3.8) is 0 Å². The van der Waals surface area contributed by atoms with Crippen LogP contribution in [-0.2, 0) is 16.4 Å². The summed E-state index contributed by atoms with van der Waals surface area (Å²) >= 11 is 0. The van der Waals surface area contributed by atoms with E-state index in [0.717, 1.165) is 5.82 Å². The SMILES string of the molecule is CC(C)(CNCc1ncc[nH]1)S(C)(=O)=O. The van der Waals surface area contributed by atoms with Gasteiger partial charge in [-0.15, -0.1) is 0 Å². The second-order valence-electron chi connectivity index (χ2n) is 4.17. The minimum absolute atomic E-state index is 0.409. The zero-order valence-electron chi connectivity index (χ0n) is 9.24. The van der Waals surface area contributed by atoms with Crippen LogP contribution in [0, 0.1) is 0 Å². The van der Waals surface area contributed by atoms with Gasteiger partial charge in [0, 0.05) is 25.2 Å². The van der Waals surface area contributed by atoms with E-state index in [0.29, 0.717) is 13.1 Å². The molecule has 0 bridgehead atoms. The van der Waals surface area contributed by atoms with Gasteiger partial charge in [-0.3, -0.25) is 0 Å². The third-order valence-corrected chi connectivity index (χ3v) is 4.55. The molecule has 0 aromatic carbocycles. The van der Waals surface area contributed by atoms with E-state index in [-0.39, 0.29) is 0 Å². The van der Waals surface area contributed by atoms with Crippen molar-refractivity contribution in [3.05, 3.63) is 18.2 Å². The highest BCUT2D eigenvalue weighted by Gasteiger charge is 2.29. The van der Waals surface area contributed by atoms with Crippen LogP contribution in [0.25, 0.3) is 0 Å². The van der Waals surface area contributed by atoms with Gasteiger partial charge in [-0.1, -0.05) is 0 Å². The summed E-state index contributed by atoms with van der Waals surface area (Å²) < 4.78 is 22.0. The van der Waals surface area contributed by atoms with Crippen molar-refractivity contribution >= 4 is 9.84 Å². The number of rotatable bonds is 5. The number of sulfone groups is 1. The topological polar surface area (TPSA) is 74.8 Å². The fourth-order valence-electron chi connectivity index (χ4n) is 1.01. The smallest absolute Gasteiger partial charge is 0.153 e. The van der Waals surface area contributed by atoms with Crippen molar-refractivity contribution in [1.82, 2.24) is 15.3 Å². The molecule has 6 heteroatoms. The Bertz CT molecular complexity index is 395. The summed E-state index contributed by atoms with van der Waals surface area (Å²) in [7, 11) is -3.04. The van der Waals surface area contributed by atoms with Gasteiger partial charge in [0.25, 0.3) is 0 Å². The molecule has 0 unspecified atom stereocenters. The van der Waals surface area contributed by atoms with Gasteiger partial charge >= 0.3 is 0 Å². The van der Waals surface area contributed by atoms with Gasteiger partial charge in [0.15, 0.2) is 9.84 Å². The predicted octanol–water partition coefficient (Wildman–Crippen LogP) is 0.323. The van der Waals surface area contributed by atoms with Crippen molar-refractivity contribution in [1.29, 1.82) is 0 Å². The van der Waals surface area contributed by atoms with E-state index < -0.39 is 14.6 Å². The second kappa shape index (κ2) is 4.32. The monoisotopic (exact) mass is 231 g/mol.